The maximum Gasteiger partial charge on any atom is 0.293 e. The minimum atomic E-state index is -0.479. The molecule has 0 aromatic heterocycles. The van der Waals surface area contributed by atoms with Gasteiger partial charge in [-0.2, -0.15) is 0 Å². The van der Waals surface area contributed by atoms with E-state index in [4.69, 9.17) is 11.6 Å². The van der Waals surface area contributed by atoms with Crippen LogP contribution in [0, 0.1) is 22.0 Å². The molecule has 0 aliphatic heterocycles. The molecule has 1 N–H and O–H groups in total. The maximum absolute atomic E-state index is 10.7. The van der Waals surface area contributed by atoms with Gasteiger partial charge in [0, 0.05) is 11.1 Å². The molecule has 0 atom stereocenters. The van der Waals surface area contributed by atoms with Crippen molar-refractivity contribution in [1.82, 2.24) is 0 Å². The lowest BCUT2D eigenvalue weighted by atomic mass is 10.2. The first-order valence-corrected chi connectivity index (χ1v) is 4.60. The molecule has 0 saturated carbocycles. The van der Waals surface area contributed by atoms with E-state index in [-0.39, 0.29) is 5.69 Å². The van der Waals surface area contributed by atoms with Crippen molar-refractivity contribution in [2.75, 3.05) is 11.9 Å². The Hall–Kier alpha value is -1.73. The van der Waals surface area contributed by atoms with Gasteiger partial charge in [0.1, 0.15) is 5.69 Å². The van der Waals surface area contributed by atoms with Crippen LogP contribution in [0.15, 0.2) is 18.2 Å². The van der Waals surface area contributed by atoms with Gasteiger partial charge < -0.3 is 5.32 Å². The minimum absolute atomic E-state index is 0.0413. The van der Waals surface area contributed by atoms with Crippen LogP contribution in [0.1, 0.15) is 6.92 Å². The summed E-state index contributed by atoms with van der Waals surface area (Å²) in [6.45, 7) is 2.08. The number of hydrogen-bond acceptors (Lipinski definition) is 3. The van der Waals surface area contributed by atoms with Gasteiger partial charge in [0.2, 0.25) is 0 Å². The highest BCUT2D eigenvalue weighted by molar-refractivity contribution is 6.30. The Morgan fingerprint density at radius 1 is 1.60 bits per heavy atom. The molecule has 0 spiro atoms. The second-order valence-electron chi connectivity index (χ2n) is 2.70. The lowest BCUT2D eigenvalue weighted by Crippen LogP contribution is -2.02. The molecule has 5 heteroatoms. The highest BCUT2D eigenvalue weighted by Gasteiger charge is 2.13. The third-order valence-corrected chi connectivity index (χ3v) is 1.94. The Balaban J connectivity index is 2.94. The molecular weight excluding hydrogens is 216 g/mol. The van der Waals surface area contributed by atoms with Crippen molar-refractivity contribution >= 4 is 23.0 Å². The van der Waals surface area contributed by atoms with Crippen LogP contribution in [-0.4, -0.2) is 11.5 Å². The molecule has 1 aromatic carbocycles. The second kappa shape index (κ2) is 5.23. The molecule has 1 rings (SSSR count). The van der Waals surface area contributed by atoms with E-state index in [2.05, 4.69) is 17.2 Å². The van der Waals surface area contributed by atoms with Gasteiger partial charge in [-0.3, -0.25) is 10.1 Å². The quantitative estimate of drug-likeness (QED) is 0.488. The molecule has 0 bridgehead atoms. The number of benzene rings is 1. The molecule has 0 radical (unpaired) electrons. The fraction of sp³-hybridized carbons (Fsp3) is 0.200. The summed E-state index contributed by atoms with van der Waals surface area (Å²) in [5.41, 5.74) is 0.382. The number of halogens is 1. The highest BCUT2D eigenvalue weighted by atomic mass is 35.5. The number of rotatable bonds is 3. The van der Waals surface area contributed by atoms with Gasteiger partial charge in [-0.15, -0.1) is 5.92 Å². The summed E-state index contributed by atoms with van der Waals surface area (Å²) < 4.78 is 0. The molecule has 0 unspecified atom stereocenters. The summed E-state index contributed by atoms with van der Waals surface area (Å²) in [5, 5.41) is 13.9. The van der Waals surface area contributed by atoms with Gasteiger partial charge in [-0.1, -0.05) is 17.5 Å². The second-order valence-corrected chi connectivity index (χ2v) is 3.14. The van der Waals surface area contributed by atoms with Crippen LogP contribution in [-0.2, 0) is 0 Å². The van der Waals surface area contributed by atoms with Crippen molar-refractivity contribution in [3.8, 4) is 11.8 Å². The van der Waals surface area contributed by atoms with Crippen molar-refractivity contribution in [2.45, 2.75) is 6.92 Å². The van der Waals surface area contributed by atoms with Crippen molar-refractivity contribution in [3.63, 3.8) is 0 Å². The van der Waals surface area contributed by atoms with E-state index in [1.807, 2.05) is 0 Å². The van der Waals surface area contributed by atoms with Gasteiger partial charge in [-0.05, 0) is 19.1 Å². The smallest absolute Gasteiger partial charge is 0.293 e. The van der Waals surface area contributed by atoms with Crippen molar-refractivity contribution in [2.24, 2.45) is 0 Å². The molecule has 78 valence electrons. The molecule has 0 fully saturated rings. The predicted molar refractivity (Wildman–Crippen MR) is 60.0 cm³/mol. The summed E-state index contributed by atoms with van der Waals surface area (Å²) in [5.74, 6) is 5.45. The van der Waals surface area contributed by atoms with Gasteiger partial charge in [0.25, 0.3) is 5.69 Å². The van der Waals surface area contributed by atoms with Crippen molar-refractivity contribution < 1.29 is 4.92 Å². The average Bonchev–Trinajstić information content (AvgIpc) is 2.20. The fourth-order valence-electron chi connectivity index (χ4n) is 1.03. The molecule has 4 nitrogen and oxygen atoms in total. The Kier molecular flexibility index (Phi) is 3.95. The standard InChI is InChI=1S/C10H9ClN2O2/c1-2-3-6-12-9-5-4-8(11)7-10(9)13(14)15/h4-5,7,12H,6H2,1H3. The molecule has 0 heterocycles. The summed E-state index contributed by atoms with van der Waals surface area (Å²) in [7, 11) is 0. The zero-order valence-corrected chi connectivity index (χ0v) is 8.84. The summed E-state index contributed by atoms with van der Waals surface area (Å²) in [4.78, 5) is 10.2. The minimum Gasteiger partial charge on any atom is -0.369 e. The van der Waals surface area contributed by atoms with E-state index in [1.54, 1.807) is 19.1 Å². The molecule has 1 aromatic rings. The van der Waals surface area contributed by atoms with Gasteiger partial charge in [0.05, 0.1) is 11.5 Å². The monoisotopic (exact) mass is 224 g/mol. The Morgan fingerprint density at radius 3 is 2.93 bits per heavy atom. The number of anilines is 1. The number of hydrogen-bond donors (Lipinski definition) is 1. The summed E-state index contributed by atoms with van der Waals surface area (Å²) >= 11 is 5.66. The summed E-state index contributed by atoms with van der Waals surface area (Å²) in [6, 6.07) is 4.47. The van der Waals surface area contributed by atoms with E-state index in [0.717, 1.165) is 0 Å². The third-order valence-electron chi connectivity index (χ3n) is 1.70. The van der Waals surface area contributed by atoms with Crippen LogP contribution < -0.4 is 5.32 Å². The molecular formula is C10H9ClN2O2. The van der Waals surface area contributed by atoms with E-state index in [1.165, 1.54) is 6.07 Å². The van der Waals surface area contributed by atoms with Gasteiger partial charge in [0.15, 0.2) is 0 Å². The first kappa shape index (κ1) is 11.3. The number of nitrogens with zero attached hydrogens (tertiary/aromatic N) is 1. The highest BCUT2D eigenvalue weighted by Crippen LogP contribution is 2.27. The third kappa shape index (κ3) is 3.15. The van der Waals surface area contributed by atoms with Crippen molar-refractivity contribution in [3.05, 3.63) is 33.3 Å². The van der Waals surface area contributed by atoms with Crippen LogP contribution in [0.4, 0.5) is 11.4 Å². The first-order valence-electron chi connectivity index (χ1n) is 4.22. The fourth-order valence-corrected chi connectivity index (χ4v) is 1.20. The van der Waals surface area contributed by atoms with Crippen LogP contribution in [0.5, 0.6) is 0 Å². The van der Waals surface area contributed by atoms with Crippen LogP contribution in [0.3, 0.4) is 0 Å². The molecule has 0 saturated heterocycles. The molecule has 0 aliphatic carbocycles. The Bertz CT molecular complexity index is 435. The molecule has 0 amide bonds. The topological polar surface area (TPSA) is 55.2 Å². The maximum atomic E-state index is 10.7. The van der Waals surface area contributed by atoms with E-state index >= 15 is 0 Å². The lowest BCUT2D eigenvalue weighted by molar-refractivity contribution is -0.383. The molecule has 15 heavy (non-hydrogen) atoms. The Labute approximate surface area is 92.4 Å². The summed E-state index contributed by atoms with van der Waals surface area (Å²) in [6.07, 6.45) is 0. The largest absolute Gasteiger partial charge is 0.369 e. The zero-order chi connectivity index (χ0) is 11.3. The van der Waals surface area contributed by atoms with Crippen molar-refractivity contribution in [1.29, 1.82) is 0 Å². The number of nitro benzene ring substituents is 1. The van der Waals surface area contributed by atoms with Gasteiger partial charge in [-0.25, -0.2) is 0 Å². The zero-order valence-electron chi connectivity index (χ0n) is 8.08. The average molecular weight is 225 g/mol. The van der Waals surface area contributed by atoms with Gasteiger partial charge >= 0.3 is 0 Å². The molecule has 0 aliphatic rings. The van der Waals surface area contributed by atoms with E-state index in [0.29, 0.717) is 17.3 Å². The number of nitro groups is 1. The van der Waals surface area contributed by atoms with Crippen LogP contribution >= 0.6 is 11.6 Å². The van der Waals surface area contributed by atoms with Crippen LogP contribution in [0.2, 0.25) is 5.02 Å². The SMILES string of the molecule is CC#CCNc1ccc(Cl)cc1[N+](=O)[O-]. The van der Waals surface area contributed by atoms with E-state index in [9.17, 15) is 10.1 Å². The first-order chi connectivity index (χ1) is 7.15. The Morgan fingerprint density at radius 2 is 2.33 bits per heavy atom. The normalized spacial score (nSPS) is 8.93. The lowest BCUT2D eigenvalue weighted by Gasteiger charge is -2.03. The van der Waals surface area contributed by atoms with Crippen LogP contribution in [0.25, 0.3) is 0 Å². The van der Waals surface area contributed by atoms with E-state index < -0.39 is 4.92 Å². The number of nitrogens with one attached hydrogen (secondary N) is 1. The predicted octanol–water partition coefficient (Wildman–Crippen LogP) is 2.68.